The Morgan fingerprint density at radius 3 is 2.85 bits per heavy atom. The van der Waals surface area contributed by atoms with Crippen LogP contribution < -0.4 is 5.73 Å². The lowest BCUT2D eigenvalue weighted by atomic mass is 9.87. The molecule has 1 rings (SSSR count). The predicted molar refractivity (Wildman–Crippen MR) is 62.1 cm³/mol. The summed E-state index contributed by atoms with van der Waals surface area (Å²) in [6.45, 7) is 4.43. The lowest BCUT2D eigenvalue weighted by Crippen LogP contribution is -2.22. The van der Waals surface area contributed by atoms with Crippen LogP contribution in [0.15, 0.2) is 0 Å². The Hall–Kier alpha value is 0.310. The fraction of sp³-hybridized carbons (Fsp3) is 1.00. The molecule has 3 unspecified atom stereocenters. The molecule has 0 saturated heterocycles. The van der Waals surface area contributed by atoms with Crippen molar-refractivity contribution < 1.29 is 0 Å². The SMILES string of the molecule is CCC1CCCC(SCC(C)N)C1. The van der Waals surface area contributed by atoms with Crippen molar-refractivity contribution in [3.8, 4) is 0 Å². The molecule has 1 aliphatic carbocycles. The highest BCUT2D eigenvalue weighted by Crippen LogP contribution is 2.33. The Labute approximate surface area is 86.8 Å². The van der Waals surface area contributed by atoms with Crippen molar-refractivity contribution in [2.24, 2.45) is 11.7 Å². The van der Waals surface area contributed by atoms with E-state index in [1.807, 2.05) is 0 Å². The third-order valence-electron chi connectivity index (χ3n) is 2.91. The van der Waals surface area contributed by atoms with Gasteiger partial charge in [0.2, 0.25) is 0 Å². The van der Waals surface area contributed by atoms with Crippen molar-refractivity contribution in [3.05, 3.63) is 0 Å². The van der Waals surface area contributed by atoms with Gasteiger partial charge in [-0.15, -0.1) is 0 Å². The van der Waals surface area contributed by atoms with Crippen LogP contribution >= 0.6 is 11.8 Å². The lowest BCUT2D eigenvalue weighted by Gasteiger charge is -2.28. The van der Waals surface area contributed by atoms with Gasteiger partial charge in [0.1, 0.15) is 0 Å². The quantitative estimate of drug-likeness (QED) is 0.756. The molecule has 0 aromatic rings. The van der Waals surface area contributed by atoms with E-state index in [0.717, 1.165) is 16.9 Å². The molecular weight excluding hydrogens is 178 g/mol. The van der Waals surface area contributed by atoms with Gasteiger partial charge in [0.05, 0.1) is 0 Å². The Morgan fingerprint density at radius 1 is 1.46 bits per heavy atom. The van der Waals surface area contributed by atoms with Crippen molar-refractivity contribution in [3.63, 3.8) is 0 Å². The van der Waals surface area contributed by atoms with E-state index in [-0.39, 0.29) is 0 Å². The molecule has 0 heterocycles. The van der Waals surface area contributed by atoms with Gasteiger partial charge in [-0.05, 0) is 25.7 Å². The molecule has 0 bridgehead atoms. The van der Waals surface area contributed by atoms with Crippen LogP contribution in [0.5, 0.6) is 0 Å². The van der Waals surface area contributed by atoms with Gasteiger partial charge >= 0.3 is 0 Å². The van der Waals surface area contributed by atoms with Gasteiger partial charge in [-0.2, -0.15) is 11.8 Å². The van der Waals surface area contributed by atoms with Crippen LogP contribution in [0, 0.1) is 5.92 Å². The molecule has 13 heavy (non-hydrogen) atoms. The second-order valence-electron chi connectivity index (χ2n) is 4.37. The van der Waals surface area contributed by atoms with Crippen molar-refractivity contribution in [2.45, 2.75) is 57.2 Å². The number of nitrogens with two attached hydrogens (primary N) is 1. The normalized spacial score (nSPS) is 31.6. The van der Waals surface area contributed by atoms with Crippen molar-refractivity contribution in [1.82, 2.24) is 0 Å². The first-order valence-corrected chi connectivity index (χ1v) is 6.64. The van der Waals surface area contributed by atoms with E-state index >= 15 is 0 Å². The van der Waals surface area contributed by atoms with E-state index in [0.29, 0.717) is 6.04 Å². The maximum absolute atomic E-state index is 5.76. The highest BCUT2D eigenvalue weighted by Gasteiger charge is 2.20. The molecule has 0 aromatic heterocycles. The van der Waals surface area contributed by atoms with Gasteiger partial charge in [-0.3, -0.25) is 0 Å². The van der Waals surface area contributed by atoms with Crippen LogP contribution in [0.4, 0.5) is 0 Å². The second-order valence-corrected chi connectivity index (χ2v) is 5.71. The van der Waals surface area contributed by atoms with Crippen LogP contribution in [0.25, 0.3) is 0 Å². The van der Waals surface area contributed by atoms with E-state index in [1.165, 1.54) is 32.1 Å². The zero-order valence-corrected chi connectivity index (χ0v) is 9.78. The molecule has 0 aliphatic heterocycles. The zero-order valence-electron chi connectivity index (χ0n) is 8.96. The number of thioether (sulfide) groups is 1. The van der Waals surface area contributed by atoms with Crippen molar-refractivity contribution in [1.29, 1.82) is 0 Å². The summed E-state index contributed by atoms with van der Waals surface area (Å²) in [4.78, 5) is 0. The standard InChI is InChI=1S/C11H23NS/c1-3-10-5-4-6-11(7-10)13-8-9(2)12/h9-11H,3-8,12H2,1-2H3. The maximum atomic E-state index is 5.76. The summed E-state index contributed by atoms with van der Waals surface area (Å²) in [6.07, 6.45) is 7.14. The molecule has 1 saturated carbocycles. The largest absolute Gasteiger partial charge is 0.327 e. The summed E-state index contributed by atoms with van der Waals surface area (Å²) in [6, 6.07) is 0.368. The van der Waals surface area contributed by atoms with E-state index in [2.05, 4.69) is 25.6 Å². The van der Waals surface area contributed by atoms with Gasteiger partial charge in [0, 0.05) is 17.0 Å². The minimum atomic E-state index is 0.368. The summed E-state index contributed by atoms with van der Waals surface area (Å²) in [5.41, 5.74) is 5.76. The lowest BCUT2D eigenvalue weighted by molar-refractivity contribution is 0.357. The summed E-state index contributed by atoms with van der Waals surface area (Å²) < 4.78 is 0. The zero-order chi connectivity index (χ0) is 9.68. The molecule has 1 nitrogen and oxygen atoms in total. The molecule has 2 heteroatoms. The van der Waals surface area contributed by atoms with E-state index in [9.17, 15) is 0 Å². The fourth-order valence-corrected chi connectivity index (χ4v) is 3.37. The fourth-order valence-electron chi connectivity index (χ4n) is 2.05. The number of hydrogen-bond donors (Lipinski definition) is 1. The van der Waals surface area contributed by atoms with Gasteiger partial charge in [-0.25, -0.2) is 0 Å². The van der Waals surface area contributed by atoms with Crippen LogP contribution in [-0.2, 0) is 0 Å². The van der Waals surface area contributed by atoms with Crippen LogP contribution in [0.2, 0.25) is 0 Å². The Balaban J connectivity index is 2.18. The molecule has 2 N–H and O–H groups in total. The molecule has 0 radical (unpaired) electrons. The predicted octanol–water partition coefficient (Wildman–Crippen LogP) is 3.04. The summed E-state index contributed by atoms with van der Waals surface area (Å²) >= 11 is 2.10. The highest BCUT2D eigenvalue weighted by atomic mass is 32.2. The van der Waals surface area contributed by atoms with Gasteiger partial charge in [0.15, 0.2) is 0 Å². The molecule has 0 spiro atoms. The van der Waals surface area contributed by atoms with Crippen molar-refractivity contribution >= 4 is 11.8 Å². The highest BCUT2D eigenvalue weighted by molar-refractivity contribution is 7.99. The minimum absolute atomic E-state index is 0.368. The molecule has 78 valence electrons. The van der Waals surface area contributed by atoms with E-state index in [4.69, 9.17) is 5.73 Å². The second kappa shape index (κ2) is 5.92. The molecule has 1 fully saturated rings. The Morgan fingerprint density at radius 2 is 2.23 bits per heavy atom. The monoisotopic (exact) mass is 201 g/mol. The first-order chi connectivity index (χ1) is 6.22. The third-order valence-corrected chi connectivity index (χ3v) is 4.52. The first-order valence-electron chi connectivity index (χ1n) is 5.59. The molecule has 3 atom stereocenters. The van der Waals surface area contributed by atoms with Gasteiger partial charge in [-0.1, -0.05) is 26.2 Å². The molecular formula is C11H23NS. The maximum Gasteiger partial charge on any atom is 0.0102 e. The van der Waals surface area contributed by atoms with Gasteiger partial charge < -0.3 is 5.73 Å². The summed E-state index contributed by atoms with van der Waals surface area (Å²) in [5.74, 6) is 2.14. The summed E-state index contributed by atoms with van der Waals surface area (Å²) in [7, 11) is 0. The number of rotatable bonds is 4. The van der Waals surface area contributed by atoms with Crippen LogP contribution in [0.3, 0.4) is 0 Å². The number of hydrogen-bond acceptors (Lipinski definition) is 2. The average Bonchev–Trinajstić information content (AvgIpc) is 2.15. The Bertz CT molecular complexity index is 136. The first kappa shape index (κ1) is 11.4. The topological polar surface area (TPSA) is 26.0 Å². The van der Waals surface area contributed by atoms with Gasteiger partial charge in [0.25, 0.3) is 0 Å². The van der Waals surface area contributed by atoms with Crippen molar-refractivity contribution in [2.75, 3.05) is 5.75 Å². The minimum Gasteiger partial charge on any atom is -0.327 e. The van der Waals surface area contributed by atoms with E-state index < -0.39 is 0 Å². The molecule has 0 amide bonds. The molecule has 1 aliphatic rings. The Kier molecular flexibility index (Phi) is 5.18. The van der Waals surface area contributed by atoms with Crippen LogP contribution in [0.1, 0.15) is 46.0 Å². The van der Waals surface area contributed by atoms with Crippen LogP contribution in [-0.4, -0.2) is 17.0 Å². The van der Waals surface area contributed by atoms with E-state index in [1.54, 1.807) is 0 Å². The summed E-state index contributed by atoms with van der Waals surface area (Å²) in [5, 5.41) is 0.907. The smallest absolute Gasteiger partial charge is 0.0102 e. The molecule has 0 aromatic carbocycles. The third kappa shape index (κ3) is 4.37. The average molecular weight is 201 g/mol.